The van der Waals surface area contributed by atoms with Crippen molar-refractivity contribution in [3.63, 3.8) is 0 Å². The molecule has 0 spiro atoms. The van der Waals surface area contributed by atoms with E-state index in [2.05, 4.69) is 92.7 Å². The summed E-state index contributed by atoms with van der Waals surface area (Å²) in [5.74, 6) is 0.532. The van der Waals surface area contributed by atoms with Gasteiger partial charge in [0, 0.05) is 5.39 Å². The summed E-state index contributed by atoms with van der Waals surface area (Å²) in [5, 5.41) is 1.20. The van der Waals surface area contributed by atoms with Crippen LogP contribution in [0.4, 0.5) is 0 Å². The maximum absolute atomic E-state index is 4.87. The van der Waals surface area contributed by atoms with Gasteiger partial charge in [0.25, 0.3) is 0 Å². The first-order valence-corrected chi connectivity index (χ1v) is 9.66. The molecule has 0 bridgehead atoms. The van der Waals surface area contributed by atoms with Crippen LogP contribution in [0.1, 0.15) is 57.4 Å². The first-order valence-electron chi connectivity index (χ1n) is 9.66. The van der Waals surface area contributed by atoms with Gasteiger partial charge < -0.3 is 4.57 Å². The summed E-state index contributed by atoms with van der Waals surface area (Å²) in [6, 6.07) is 17.5. The third kappa shape index (κ3) is 3.46. The molecule has 0 fully saturated rings. The number of nitrogens with zero attached hydrogens (tertiary/aromatic N) is 3. The second kappa shape index (κ2) is 6.49. The molecule has 0 atom stereocenters. The number of pyridine rings is 1. The number of rotatable bonds is 3. The molecule has 2 aromatic heterocycles. The summed E-state index contributed by atoms with van der Waals surface area (Å²) in [6.45, 7) is 11.9. The van der Waals surface area contributed by atoms with Crippen LogP contribution in [0.25, 0.3) is 21.9 Å². The molecule has 0 N–H and O–H groups in total. The summed E-state index contributed by atoms with van der Waals surface area (Å²) in [6.07, 6.45) is 1.92. The Kier molecular flexibility index (Phi) is 4.26. The molecule has 4 aromatic rings. The Balaban J connectivity index is 1.66. The van der Waals surface area contributed by atoms with E-state index in [0.717, 1.165) is 28.8 Å². The highest BCUT2D eigenvalue weighted by molar-refractivity contribution is 5.80. The molecule has 0 amide bonds. The number of hydrogen-bond donors (Lipinski definition) is 0. The molecule has 0 saturated carbocycles. The van der Waals surface area contributed by atoms with Gasteiger partial charge in [-0.2, -0.15) is 0 Å². The van der Waals surface area contributed by atoms with E-state index < -0.39 is 0 Å². The van der Waals surface area contributed by atoms with Gasteiger partial charge in [-0.3, -0.25) is 4.98 Å². The van der Waals surface area contributed by atoms with E-state index in [1.54, 1.807) is 0 Å². The maximum Gasteiger partial charge on any atom is 0.0962 e. The van der Waals surface area contributed by atoms with E-state index in [-0.39, 0.29) is 5.41 Å². The summed E-state index contributed by atoms with van der Waals surface area (Å²) in [4.78, 5) is 9.48. The van der Waals surface area contributed by atoms with Crippen LogP contribution < -0.4 is 0 Å². The molecule has 27 heavy (non-hydrogen) atoms. The molecule has 3 nitrogen and oxygen atoms in total. The van der Waals surface area contributed by atoms with Gasteiger partial charge in [0.15, 0.2) is 0 Å². The van der Waals surface area contributed by atoms with Crippen molar-refractivity contribution >= 4 is 21.9 Å². The van der Waals surface area contributed by atoms with Crippen LogP contribution >= 0.6 is 0 Å². The van der Waals surface area contributed by atoms with Gasteiger partial charge in [-0.05, 0) is 52.8 Å². The molecule has 0 unspecified atom stereocenters. The van der Waals surface area contributed by atoms with Crippen LogP contribution in [0.5, 0.6) is 0 Å². The van der Waals surface area contributed by atoms with Crippen molar-refractivity contribution in [1.29, 1.82) is 0 Å². The maximum atomic E-state index is 4.87. The van der Waals surface area contributed by atoms with E-state index in [4.69, 9.17) is 4.98 Å². The molecule has 138 valence electrons. The van der Waals surface area contributed by atoms with E-state index in [9.17, 15) is 0 Å². The second-order valence-electron chi connectivity index (χ2n) is 8.74. The number of fused-ring (bicyclic) bond motifs is 2. The average Bonchev–Trinajstić information content (AvgIpc) is 3.02. The van der Waals surface area contributed by atoms with Crippen LogP contribution in [-0.4, -0.2) is 14.5 Å². The highest BCUT2D eigenvalue weighted by Crippen LogP contribution is 2.26. The van der Waals surface area contributed by atoms with Gasteiger partial charge in [-0.15, -0.1) is 0 Å². The highest BCUT2D eigenvalue weighted by Gasteiger charge is 2.15. The zero-order valence-electron chi connectivity index (χ0n) is 16.8. The summed E-state index contributed by atoms with van der Waals surface area (Å²) >= 11 is 0. The number of aromatic nitrogens is 3. The lowest BCUT2D eigenvalue weighted by molar-refractivity contribution is 0.591. The first kappa shape index (κ1) is 17.7. The van der Waals surface area contributed by atoms with Crippen LogP contribution in [-0.2, 0) is 12.0 Å². The number of hydrogen-bond acceptors (Lipinski definition) is 2. The molecule has 0 aliphatic carbocycles. The minimum absolute atomic E-state index is 0.132. The van der Waals surface area contributed by atoms with Gasteiger partial charge in [-0.1, -0.05) is 52.8 Å². The molecule has 0 aliphatic heterocycles. The van der Waals surface area contributed by atoms with Crippen molar-refractivity contribution < 1.29 is 0 Å². The fourth-order valence-electron chi connectivity index (χ4n) is 3.46. The predicted molar refractivity (Wildman–Crippen MR) is 113 cm³/mol. The molecular formula is C24H27N3. The van der Waals surface area contributed by atoms with Crippen LogP contribution in [0, 0.1) is 0 Å². The van der Waals surface area contributed by atoms with Crippen molar-refractivity contribution in [3.05, 3.63) is 71.7 Å². The third-order valence-corrected chi connectivity index (χ3v) is 5.26. The van der Waals surface area contributed by atoms with Gasteiger partial charge >= 0.3 is 0 Å². The van der Waals surface area contributed by atoms with E-state index in [0.29, 0.717) is 5.92 Å². The Morgan fingerprint density at radius 1 is 0.926 bits per heavy atom. The van der Waals surface area contributed by atoms with E-state index in [1.807, 2.05) is 6.33 Å². The standard InChI is InChI=1S/C24H27N3/c1-16(2)17-7-10-21-18(12-17)6-9-20(26-21)14-27-15-25-22-13-19(24(3,4)5)8-11-23(22)27/h6-13,15-16H,14H2,1-5H3. The van der Waals surface area contributed by atoms with Crippen molar-refractivity contribution in [2.45, 2.75) is 52.5 Å². The molecule has 0 radical (unpaired) electrons. The molecule has 3 heteroatoms. The quantitative estimate of drug-likeness (QED) is 0.446. The van der Waals surface area contributed by atoms with Crippen LogP contribution in [0.2, 0.25) is 0 Å². The summed E-state index contributed by atoms with van der Waals surface area (Å²) in [7, 11) is 0. The minimum atomic E-state index is 0.132. The monoisotopic (exact) mass is 357 g/mol. The van der Waals surface area contributed by atoms with Crippen molar-refractivity contribution in [2.24, 2.45) is 0 Å². The molecular weight excluding hydrogens is 330 g/mol. The van der Waals surface area contributed by atoms with Gasteiger partial charge in [0.05, 0.1) is 35.1 Å². The summed E-state index contributed by atoms with van der Waals surface area (Å²) in [5.41, 5.74) is 7.10. The second-order valence-corrected chi connectivity index (χ2v) is 8.74. The normalized spacial score (nSPS) is 12.4. The van der Waals surface area contributed by atoms with Crippen molar-refractivity contribution in [3.8, 4) is 0 Å². The van der Waals surface area contributed by atoms with Crippen molar-refractivity contribution in [1.82, 2.24) is 14.5 Å². The number of benzene rings is 2. The zero-order chi connectivity index (χ0) is 19.2. The Hall–Kier alpha value is -2.68. The highest BCUT2D eigenvalue weighted by atomic mass is 15.0. The Morgan fingerprint density at radius 3 is 2.48 bits per heavy atom. The lowest BCUT2D eigenvalue weighted by Gasteiger charge is -2.18. The van der Waals surface area contributed by atoms with Gasteiger partial charge in [-0.25, -0.2) is 4.98 Å². The summed E-state index contributed by atoms with van der Waals surface area (Å²) < 4.78 is 2.18. The minimum Gasteiger partial charge on any atom is -0.324 e. The van der Waals surface area contributed by atoms with Gasteiger partial charge in [0.2, 0.25) is 0 Å². The molecule has 0 aliphatic rings. The Labute approximate surface area is 161 Å². The largest absolute Gasteiger partial charge is 0.324 e. The fourth-order valence-corrected chi connectivity index (χ4v) is 3.46. The SMILES string of the molecule is CC(C)c1ccc2nc(Cn3cnc4cc(C(C)(C)C)ccc43)ccc2c1. The first-order chi connectivity index (χ1) is 12.8. The number of imidazole rings is 1. The third-order valence-electron chi connectivity index (χ3n) is 5.26. The topological polar surface area (TPSA) is 30.7 Å². The van der Waals surface area contributed by atoms with E-state index in [1.165, 1.54) is 16.5 Å². The zero-order valence-corrected chi connectivity index (χ0v) is 16.8. The predicted octanol–water partition coefficient (Wildman–Crippen LogP) is 6.05. The Bertz CT molecular complexity index is 1110. The van der Waals surface area contributed by atoms with Crippen LogP contribution in [0.3, 0.4) is 0 Å². The fraction of sp³-hybridized carbons (Fsp3) is 0.333. The molecule has 4 rings (SSSR count). The lowest BCUT2D eigenvalue weighted by Crippen LogP contribution is -2.10. The molecule has 0 saturated heterocycles. The smallest absolute Gasteiger partial charge is 0.0962 e. The van der Waals surface area contributed by atoms with Crippen molar-refractivity contribution in [2.75, 3.05) is 0 Å². The molecule has 2 aromatic carbocycles. The average molecular weight is 358 g/mol. The van der Waals surface area contributed by atoms with Gasteiger partial charge in [0.1, 0.15) is 0 Å². The van der Waals surface area contributed by atoms with Crippen LogP contribution in [0.15, 0.2) is 54.9 Å². The lowest BCUT2D eigenvalue weighted by atomic mass is 9.87. The van der Waals surface area contributed by atoms with E-state index >= 15 is 0 Å². The Morgan fingerprint density at radius 2 is 1.74 bits per heavy atom. The molecule has 2 heterocycles.